The van der Waals surface area contributed by atoms with Crippen LogP contribution in [0.15, 0.2) is 48.5 Å². The number of carbonyl (C=O) groups is 2. The summed E-state index contributed by atoms with van der Waals surface area (Å²) in [5.74, 6) is 1.15. The molecule has 8 heteroatoms. The van der Waals surface area contributed by atoms with Crippen molar-refractivity contribution in [2.75, 3.05) is 62.7 Å². The molecule has 1 unspecified atom stereocenters. The quantitative estimate of drug-likeness (QED) is 0.619. The number of carbonyl (C=O) groups excluding carboxylic acids is 2. The number of ether oxygens (including phenoxy) is 2. The minimum atomic E-state index is -0.593. The van der Waals surface area contributed by atoms with Crippen LogP contribution in [0.5, 0.6) is 11.5 Å². The van der Waals surface area contributed by atoms with Crippen LogP contribution >= 0.6 is 0 Å². The summed E-state index contributed by atoms with van der Waals surface area (Å²) >= 11 is 0. The molecule has 2 aromatic carbocycles. The second-order valence-electron chi connectivity index (χ2n) is 8.38. The molecule has 0 spiro atoms. The molecular formula is C25H32N4O4. The third kappa shape index (κ3) is 5.57. The van der Waals surface area contributed by atoms with E-state index in [1.165, 1.54) is 10.6 Å². The molecule has 33 heavy (non-hydrogen) atoms. The highest BCUT2D eigenvalue weighted by Crippen LogP contribution is 2.33. The number of rotatable bonds is 8. The van der Waals surface area contributed by atoms with Crippen LogP contribution in [0, 0.1) is 0 Å². The fraction of sp³-hybridized carbons (Fsp3) is 0.440. The summed E-state index contributed by atoms with van der Waals surface area (Å²) in [6.07, 6.45) is 0.280. The van der Waals surface area contributed by atoms with E-state index in [2.05, 4.69) is 27.2 Å². The van der Waals surface area contributed by atoms with Gasteiger partial charge in [-0.15, -0.1) is 0 Å². The van der Waals surface area contributed by atoms with Crippen molar-refractivity contribution in [3.8, 4) is 11.5 Å². The number of fused-ring (bicyclic) bond motifs is 1. The van der Waals surface area contributed by atoms with Gasteiger partial charge in [0.25, 0.3) is 5.91 Å². The van der Waals surface area contributed by atoms with Crippen LogP contribution in [0.4, 0.5) is 11.4 Å². The zero-order chi connectivity index (χ0) is 23.2. The van der Waals surface area contributed by atoms with E-state index in [1.807, 2.05) is 30.3 Å². The second-order valence-corrected chi connectivity index (χ2v) is 8.38. The number of anilines is 2. The number of hydrogen-bond donors (Lipinski definition) is 1. The number of para-hydroxylation sites is 2. The monoisotopic (exact) mass is 452 g/mol. The Morgan fingerprint density at radius 2 is 1.82 bits per heavy atom. The maximum absolute atomic E-state index is 12.5. The van der Waals surface area contributed by atoms with Crippen LogP contribution in [-0.2, 0) is 9.59 Å². The van der Waals surface area contributed by atoms with Crippen molar-refractivity contribution >= 4 is 23.2 Å². The topological polar surface area (TPSA) is 74.4 Å². The molecule has 8 nitrogen and oxygen atoms in total. The molecule has 1 fully saturated rings. The Hall–Kier alpha value is -3.26. The van der Waals surface area contributed by atoms with Gasteiger partial charge in [-0.3, -0.25) is 19.4 Å². The molecule has 4 rings (SSSR count). The Morgan fingerprint density at radius 1 is 1.09 bits per heavy atom. The van der Waals surface area contributed by atoms with Gasteiger partial charge >= 0.3 is 0 Å². The molecule has 2 aromatic rings. The zero-order valence-corrected chi connectivity index (χ0v) is 19.3. The lowest BCUT2D eigenvalue weighted by atomic mass is 10.2. The minimum Gasteiger partial charge on any atom is -0.497 e. The van der Waals surface area contributed by atoms with Crippen molar-refractivity contribution in [2.45, 2.75) is 19.4 Å². The Kier molecular flexibility index (Phi) is 7.34. The molecule has 0 radical (unpaired) electrons. The van der Waals surface area contributed by atoms with Gasteiger partial charge in [-0.25, -0.2) is 0 Å². The average Bonchev–Trinajstić information content (AvgIpc) is 2.85. The first-order chi connectivity index (χ1) is 16.0. The predicted octanol–water partition coefficient (Wildman–Crippen LogP) is 2.14. The molecule has 176 valence electrons. The van der Waals surface area contributed by atoms with Gasteiger partial charge in [-0.05, 0) is 56.3 Å². The van der Waals surface area contributed by atoms with Crippen LogP contribution in [-0.4, -0.2) is 75.7 Å². The van der Waals surface area contributed by atoms with Crippen molar-refractivity contribution in [3.63, 3.8) is 0 Å². The summed E-state index contributed by atoms with van der Waals surface area (Å²) in [7, 11) is 1.68. The molecule has 1 atom stereocenters. The van der Waals surface area contributed by atoms with E-state index < -0.39 is 6.10 Å². The third-order valence-electron chi connectivity index (χ3n) is 6.16. The Labute approximate surface area is 195 Å². The van der Waals surface area contributed by atoms with Gasteiger partial charge in [0.2, 0.25) is 5.91 Å². The highest BCUT2D eigenvalue weighted by atomic mass is 16.5. The number of benzene rings is 2. The number of hydrogen-bond acceptors (Lipinski definition) is 6. The first kappa shape index (κ1) is 22.9. The molecule has 1 N–H and O–H groups in total. The molecule has 0 saturated carbocycles. The lowest BCUT2D eigenvalue weighted by molar-refractivity contribution is -0.128. The van der Waals surface area contributed by atoms with E-state index in [9.17, 15) is 9.59 Å². The first-order valence-electron chi connectivity index (χ1n) is 11.5. The summed E-state index contributed by atoms with van der Waals surface area (Å²) < 4.78 is 10.9. The van der Waals surface area contributed by atoms with Crippen LogP contribution < -0.4 is 24.6 Å². The fourth-order valence-electron chi connectivity index (χ4n) is 4.27. The molecule has 0 aliphatic carbocycles. The van der Waals surface area contributed by atoms with Gasteiger partial charge in [-0.2, -0.15) is 0 Å². The number of amides is 2. The fourth-order valence-corrected chi connectivity index (χ4v) is 4.27. The van der Waals surface area contributed by atoms with E-state index >= 15 is 0 Å². The summed E-state index contributed by atoms with van der Waals surface area (Å²) in [5.41, 5.74) is 1.86. The molecule has 2 amide bonds. The molecule has 2 heterocycles. The zero-order valence-electron chi connectivity index (χ0n) is 19.3. The number of nitrogens with one attached hydrogen (secondary N) is 1. The summed E-state index contributed by atoms with van der Waals surface area (Å²) in [6.45, 7) is 7.20. The highest BCUT2D eigenvalue weighted by Gasteiger charge is 2.32. The molecule has 0 bridgehead atoms. The minimum absolute atomic E-state index is 0.00405. The number of methoxy groups -OCH3 is 1. The van der Waals surface area contributed by atoms with Crippen LogP contribution in [0.1, 0.15) is 13.3 Å². The van der Waals surface area contributed by atoms with E-state index in [4.69, 9.17) is 9.47 Å². The Balaban J connectivity index is 1.17. The Morgan fingerprint density at radius 3 is 2.55 bits per heavy atom. The van der Waals surface area contributed by atoms with Crippen LogP contribution in [0.25, 0.3) is 0 Å². The van der Waals surface area contributed by atoms with Crippen molar-refractivity contribution in [1.29, 1.82) is 0 Å². The highest BCUT2D eigenvalue weighted by molar-refractivity contribution is 6.03. The van der Waals surface area contributed by atoms with E-state index in [0.29, 0.717) is 18.0 Å². The molecule has 0 aromatic heterocycles. The molecule has 2 aliphatic rings. The maximum Gasteiger partial charge on any atom is 0.268 e. The number of piperazine rings is 1. The number of nitrogens with zero attached hydrogens (tertiary/aromatic N) is 3. The van der Waals surface area contributed by atoms with Crippen LogP contribution in [0.2, 0.25) is 0 Å². The average molecular weight is 453 g/mol. The molecule has 1 saturated heterocycles. The van der Waals surface area contributed by atoms with Crippen LogP contribution in [0.3, 0.4) is 0 Å². The van der Waals surface area contributed by atoms with Gasteiger partial charge in [-0.1, -0.05) is 12.1 Å². The Bertz CT molecular complexity index is 957. The van der Waals surface area contributed by atoms with Crippen molar-refractivity contribution in [2.24, 2.45) is 0 Å². The summed E-state index contributed by atoms with van der Waals surface area (Å²) in [4.78, 5) is 31.3. The standard InChI is InChI=1S/C25H32N4O4/c1-19-25(31)29(22-6-3-4-7-23(22)33-19)18-24(30)26-12-5-13-27-14-16-28(17-15-27)20-8-10-21(32-2)11-9-20/h3-4,6-11,19H,5,12-18H2,1-2H3,(H,26,30). The SMILES string of the molecule is COc1ccc(N2CCN(CCCNC(=O)CN3C(=O)C(C)Oc4ccccc43)CC2)cc1. The van der Waals surface area contributed by atoms with Crippen molar-refractivity contribution < 1.29 is 19.1 Å². The largest absolute Gasteiger partial charge is 0.497 e. The lowest BCUT2D eigenvalue weighted by Crippen LogP contribution is -2.49. The van der Waals surface area contributed by atoms with E-state index in [-0.39, 0.29) is 18.4 Å². The smallest absolute Gasteiger partial charge is 0.268 e. The normalized spacial score (nSPS) is 18.5. The van der Waals surface area contributed by atoms with E-state index in [0.717, 1.165) is 44.9 Å². The molecular weight excluding hydrogens is 420 g/mol. The maximum atomic E-state index is 12.5. The van der Waals surface area contributed by atoms with Crippen molar-refractivity contribution in [3.05, 3.63) is 48.5 Å². The first-order valence-corrected chi connectivity index (χ1v) is 11.5. The van der Waals surface area contributed by atoms with Gasteiger partial charge in [0, 0.05) is 38.4 Å². The van der Waals surface area contributed by atoms with Gasteiger partial charge in [0.15, 0.2) is 6.10 Å². The summed E-state index contributed by atoms with van der Waals surface area (Å²) in [6, 6.07) is 15.5. The van der Waals surface area contributed by atoms with E-state index in [1.54, 1.807) is 20.1 Å². The molecule has 2 aliphatic heterocycles. The van der Waals surface area contributed by atoms with Gasteiger partial charge < -0.3 is 19.7 Å². The van der Waals surface area contributed by atoms with Gasteiger partial charge in [0.05, 0.1) is 12.8 Å². The van der Waals surface area contributed by atoms with Crippen molar-refractivity contribution in [1.82, 2.24) is 10.2 Å². The van der Waals surface area contributed by atoms with Gasteiger partial charge in [0.1, 0.15) is 18.0 Å². The predicted molar refractivity (Wildman–Crippen MR) is 128 cm³/mol. The third-order valence-corrected chi connectivity index (χ3v) is 6.16. The summed E-state index contributed by atoms with van der Waals surface area (Å²) in [5, 5.41) is 2.96. The lowest BCUT2D eigenvalue weighted by Gasteiger charge is -2.36. The second kappa shape index (κ2) is 10.6.